The molecular weight excluding hydrogens is 426 g/mol. The lowest BCUT2D eigenvalue weighted by Gasteiger charge is -2.07. The molecule has 0 amide bonds. The fourth-order valence-corrected chi connectivity index (χ4v) is 3.23. The second-order valence-corrected chi connectivity index (χ2v) is 5.87. The van der Waals surface area contributed by atoms with E-state index in [-0.39, 0.29) is 0 Å². The maximum absolute atomic E-state index is 5.74. The number of rotatable bonds is 3. The summed E-state index contributed by atoms with van der Waals surface area (Å²) < 4.78 is 8.15. The van der Waals surface area contributed by atoms with Crippen LogP contribution in [0.4, 0.5) is 0 Å². The van der Waals surface area contributed by atoms with Crippen LogP contribution >= 0.6 is 45.2 Å². The zero-order valence-electron chi connectivity index (χ0n) is 8.49. The van der Waals surface area contributed by atoms with Crippen LogP contribution in [-0.2, 0) is 6.61 Å². The van der Waals surface area contributed by atoms with Gasteiger partial charge in [-0.15, -0.1) is 0 Å². The summed E-state index contributed by atoms with van der Waals surface area (Å²) in [6, 6.07) is 16.4. The van der Waals surface area contributed by atoms with Crippen LogP contribution in [-0.4, -0.2) is 0 Å². The van der Waals surface area contributed by atoms with Gasteiger partial charge in [0.15, 0.2) is 0 Å². The Morgan fingerprint density at radius 3 is 2.12 bits per heavy atom. The Morgan fingerprint density at radius 2 is 1.50 bits per heavy atom. The minimum absolute atomic E-state index is 0.622. The van der Waals surface area contributed by atoms with Crippen LogP contribution in [0.2, 0.25) is 0 Å². The molecule has 0 aliphatic rings. The Balaban J connectivity index is 2.05. The van der Waals surface area contributed by atoms with Gasteiger partial charge in [-0.25, -0.2) is 0 Å². The van der Waals surface area contributed by atoms with E-state index in [1.54, 1.807) is 0 Å². The Bertz CT molecular complexity index is 448. The first kappa shape index (κ1) is 12.2. The van der Waals surface area contributed by atoms with E-state index < -0.39 is 0 Å². The molecule has 0 aliphatic carbocycles. The Hall–Kier alpha value is -0.300. The highest BCUT2D eigenvalue weighted by atomic mass is 127. The Kier molecular flexibility index (Phi) is 4.45. The molecule has 0 atom stereocenters. The van der Waals surface area contributed by atoms with Gasteiger partial charge in [0.05, 0.1) is 0 Å². The molecule has 0 aliphatic heterocycles. The molecule has 0 N–H and O–H groups in total. The first-order chi connectivity index (χ1) is 7.74. The van der Waals surface area contributed by atoms with Crippen molar-refractivity contribution in [3.8, 4) is 5.75 Å². The predicted octanol–water partition coefficient (Wildman–Crippen LogP) is 4.47. The van der Waals surface area contributed by atoms with Gasteiger partial charge in [0.1, 0.15) is 12.4 Å². The first-order valence-corrected chi connectivity index (χ1v) is 7.02. The van der Waals surface area contributed by atoms with E-state index in [1.165, 1.54) is 12.7 Å². The lowest BCUT2D eigenvalue weighted by molar-refractivity contribution is 0.306. The minimum atomic E-state index is 0.622. The van der Waals surface area contributed by atoms with E-state index >= 15 is 0 Å². The van der Waals surface area contributed by atoms with Gasteiger partial charge in [-0.1, -0.05) is 30.3 Å². The van der Waals surface area contributed by atoms with Crippen LogP contribution in [0.3, 0.4) is 0 Å². The number of benzene rings is 2. The van der Waals surface area contributed by atoms with Gasteiger partial charge in [0.25, 0.3) is 0 Å². The highest BCUT2D eigenvalue weighted by Crippen LogP contribution is 2.20. The average Bonchev–Trinajstić information content (AvgIpc) is 2.27. The quantitative estimate of drug-likeness (QED) is 0.646. The summed E-state index contributed by atoms with van der Waals surface area (Å²) in [6.07, 6.45) is 0. The largest absolute Gasteiger partial charge is 0.489 e. The van der Waals surface area contributed by atoms with E-state index in [0.717, 1.165) is 5.75 Å². The minimum Gasteiger partial charge on any atom is -0.489 e. The van der Waals surface area contributed by atoms with Crippen LogP contribution in [0, 0.1) is 7.14 Å². The standard InChI is InChI=1S/C13H10I2O/c14-11-6-12(15)8-13(7-11)16-9-10-4-2-1-3-5-10/h1-8H,9H2. The zero-order valence-corrected chi connectivity index (χ0v) is 12.8. The molecular formula is C13H10I2O. The van der Waals surface area contributed by atoms with Crippen LogP contribution in [0.1, 0.15) is 5.56 Å². The molecule has 0 bridgehead atoms. The lowest BCUT2D eigenvalue weighted by atomic mass is 10.2. The molecule has 0 saturated carbocycles. The predicted molar refractivity (Wildman–Crippen MR) is 82.7 cm³/mol. The molecule has 0 radical (unpaired) electrons. The van der Waals surface area contributed by atoms with Crippen molar-refractivity contribution in [2.24, 2.45) is 0 Å². The number of hydrogen-bond acceptors (Lipinski definition) is 1. The molecule has 16 heavy (non-hydrogen) atoms. The van der Waals surface area contributed by atoms with Crippen molar-refractivity contribution in [1.29, 1.82) is 0 Å². The van der Waals surface area contributed by atoms with Crippen molar-refractivity contribution in [3.63, 3.8) is 0 Å². The summed E-state index contributed by atoms with van der Waals surface area (Å²) >= 11 is 4.60. The molecule has 0 spiro atoms. The second kappa shape index (κ2) is 5.86. The van der Waals surface area contributed by atoms with Gasteiger partial charge < -0.3 is 4.74 Å². The molecule has 2 aromatic carbocycles. The highest BCUT2D eigenvalue weighted by molar-refractivity contribution is 14.1. The van der Waals surface area contributed by atoms with Crippen LogP contribution in [0.25, 0.3) is 0 Å². The molecule has 0 saturated heterocycles. The van der Waals surface area contributed by atoms with E-state index in [0.29, 0.717) is 6.61 Å². The van der Waals surface area contributed by atoms with E-state index in [9.17, 15) is 0 Å². The second-order valence-electron chi connectivity index (χ2n) is 3.38. The number of hydrogen-bond donors (Lipinski definition) is 0. The Morgan fingerprint density at radius 1 is 0.875 bits per heavy atom. The summed E-state index contributed by atoms with van der Waals surface area (Å²) in [7, 11) is 0. The monoisotopic (exact) mass is 436 g/mol. The summed E-state index contributed by atoms with van der Waals surface area (Å²) in [5.74, 6) is 0.931. The lowest BCUT2D eigenvalue weighted by Crippen LogP contribution is -1.95. The van der Waals surface area contributed by atoms with Gasteiger partial charge in [-0.05, 0) is 68.9 Å². The van der Waals surface area contributed by atoms with Crippen LogP contribution in [0.5, 0.6) is 5.75 Å². The van der Waals surface area contributed by atoms with Crippen LogP contribution in [0.15, 0.2) is 48.5 Å². The van der Waals surface area contributed by atoms with Gasteiger partial charge in [0, 0.05) is 7.14 Å². The molecule has 2 aromatic rings. The van der Waals surface area contributed by atoms with Gasteiger partial charge in [-0.3, -0.25) is 0 Å². The smallest absolute Gasteiger partial charge is 0.121 e. The highest BCUT2D eigenvalue weighted by Gasteiger charge is 1.99. The van der Waals surface area contributed by atoms with Gasteiger partial charge in [-0.2, -0.15) is 0 Å². The molecule has 3 heteroatoms. The van der Waals surface area contributed by atoms with Crippen molar-refractivity contribution < 1.29 is 4.74 Å². The molecule has 1 nitrogen and oxygen atoms in total. The number of ether oxygens (including phenoxy) is 1. The van der Waals surface area contributed by atoms with Crippen molar-refractivity contribution in [2.45, 2.75) is 6.61 Å². The number of halogens is 2. The third-order valence-electron chi connectivity index (χ3n) is 2.08. The molecule has 0 heterocycles. The fourth-order valence-electron chi connectivity index (χ4n) is 1.35. The first-order valence-electron chi connectivity index (χ1n) is 4.87. The van der Waals surface area contributed by atoms with Crippen molar-refractivity contribution >= 4 is 45.2 Å². The Labute approximate surface area is 122 Å². The molecule has 82 valence electrons. The summed E-state index contributed by atoms with van der Waals surface area (Å²) in [6.45, 7) is 0.622. The molecule has 0 unspecified atom stereocenters. The van der Waals surface area contributed by atoms with E-state index in [2.05, 4.69) is 63.4 Å². The van der Waals surface area contributed by atoms with E-state index in [1.807, 2.05) is 30.3 Å². The van der Waals surface area contributed by atoms with Crippen molar-refractivity contribution in [2.75, 3.05) is 0 Å². The summed E-state index contributed by atoms with van der Waals surface area (Å²) in [5, 5.41) is 0. The molecule has 0 fully saturated rings. The van der Waals surface area contributed by atoms with Crippen molar-refractivity contribution in [1.82, 2.24) is 0 Å². The SMILES string of the molecule is Ic1cc(I)cc(OCc2ccccc2)c1. The maximum Gasteiger partial charge on any atom is 0.121 e. The van der Waals surface area contributed by atoms with Gasteiger partial charge in [0.2, 0.25) is 0 Å². The third kappa shape index (κ3) is 3.62. The molecule has 2 rings (SSSR count). The van der Waals surface area contributed by atoms with E-state index in [4.69, 9.17) is 4.74 Å². The average molecular weight is 436 g/mol. The maximum atomic E-state index is 5.74. The fraction of sp³-hybridized carbons (Fsp3) is 0.0769. The van der Waals surface area contributed by atoms with Crippen molar-refractivity contribution in [3.05, 3.63) is 61.2 Å². The van der Waals surface area contributed by atoms with Gasteiger partial charge >= 0.3 is 0 Å². The topological polar surface area (TPSA) is 9.23 Å². The van der Waals surface area contributed by atoms with Crippen LogP contribution < -0.4 is 4.74 Å². The summed E-state index contributed by atoms with van der Waals surface area (Å²) in [4.78, 5) is 0. The third-order valence-corrected chi connectivity index (χ3v) is 3.33. The summed E-state index contributed by atoms with van der Waals surface area (Å²) in [5.41, 5.74) is 1.19. The zero-order chi connectivity index (χ0) is 11.4. The molecule has 0 aromatic heterocycles. The normalized spacial score (nSPS) is 10.1.